The second-order valence-corrected chi connectivity index (χ2v) is 8.26. The first-order valence-electron chi connectivity index (χ1n) is 12.1. The fourth-order valence-corrected chi connectivity index (χ4v) is 3.58. The molecular formula is C26H44O5. The van der Waals surface area contributed by atoms with Gasteiger partial charge in [0, 0.05) is 6.61 Å². The standard InChI is InChI=1S/C17H36O.C9H8O4/c1-2-3-4-5-6-7-8-9-10-11-12-13-14-15-16-17-18;1-5-6(8(10)11)3-2-4-7(5)9(12)13/h18H,2-17H2,1H3;2-4H,1H3,(H,10,11)(H,12,13). The minimum Gasteiger partial charge on any atom is -0.478 e. The van der Waals surface area contributed by atoms with Gasteiger partial charge in [-0.2, -0.15) is 0 Å². The Kier molecular flexibility index (Phi) is 18.8. The van der Waals surface area contributed by atoms with E-state index < -0.39 is 11.9 Å². The molecule has 1 rings (SSSR count). The fraction of sp³-hybridized carbons (Fsp3) is 0.692. The maximum atomic E-state index is 10.6. The predicted molar refractivity (Wildman–Crippen MR) is 127 cm³/mol. The average Bonchev–Trinajstić information content (AvgIpc) is 2.74. The molecule has 5 heteroatoms. The van der Waals surface area contributed by atoms with E-state index in [4.69, 9.17) is 15.3 Å². The van der Waals surface area contributed by atoms with Gasteiger partial charge >= 0.3 is 11.9 Å². The minimum absolute atomic E-state index is 0.0277. The summed E-state index contributed by atoms with van der Waals surface area (Å²) in [6.07, 6.45) is 20.7. The summed E-state index contributed by atoms with van der Waals surface area (Å²) in [5.41, 5.74) is 0.335. The molecule has 0 aliphatic carbocycles. The largest absolute Gasteiger partial charge is 0.478 e. The van der Waals surface area contributed by atoms with Crippen LogP contribution in [0.3, 0.4) is 0 Å². The molecule has 0 aliphatic rings. The number of aliphatic hydroxyl groups is 1. The van der Waals surface area contributed by atoms with E-state index in [1.807, 2.05) is 0 Å². The van der Waals surface area contributed by atoms with Crippen LogP contribution in [-0.4, -0.2) is 33.9 Å². The summed E-state index contributed by atoms with van der Waals surface area (Å²) in [4.78, 5) is 21.2. The van der Waals surface area contributed by atoms with Crippen molar-refractivity contribution in [1.82, 2.24) is 0 Å². The molecule has 31 heavy (non-hydrogen) atoms. The first kappa shape index (κ1) is 29.1. The highest BCUT2D eigenvalue weighted by Gasteiger charge is 2.13. The van der Waals surface area contributed by atoms with E-state index in [2.05, 4.69) is 6.92 Å². The summed E-state index contributed by atoms with van der Waals surface area (Å²) in [5, 5.41) is 26.0. The second kappa shape index (κ2) is 20.0. The van der Waals surface area contributed by atoms with Crippen LogP contribution in [0.4, 0.5) is 0 Å². The number of carboxylic acid groups (broad SMARTS) is 2. The molecule has 1 aromatic rings. The van der Waals surface area contributed by atoms with Crippen LogP contribution in [-0.2, 0) is 0 Å². The van der Waals surface area contributed by atoms with E-state index in [0.29, 0.717) is 6.61 Å². The van der Waals surface area contributed by atoms with Gasteiger partial charge in [0.25, 0.3) is 0 Å². The molecule has 0 radical (unpaired) electrons. The number of hydrogen-bond donors (Lipinski definition) is 3. The molecule has 0 spiro atoms. The van der Waals surface area contributed by atoms with Crippen molar-refractivity contribution in [3.05, 3.63) is 34.9 Å². The number of carbonyl (C=O) groups is 2. The van der Waals surface area contributed by atoms with Crippen molar-refractivity contribution in [3.63, 3.8) is 0 Å². The number of benzene rings is 1. The van der Waals surface area contributed by atoms with Crippen molar-refractivity contribution in [2.75, 3.05) is 6.61 Å². The van der Waals surface area contributed by atoms with Crippen molar-refractivity contribution >= 4 is 11.9 Å². The lowest BCUT2D eigenvalue weighted by Crippen LogP contribution is -2.06. The first-order valence-corrected chi connectivity index (χ1v) is 12.1. The van der Waals surface area contributed by atoms with Crippen molar-refractivity contribution in [3.8, 4) is 0 Å². The lowest BCUT2D eigenvalue weighted by atomic mass is 10.0. The Morgan fingerprint density at radius 1 is 0.645 bits per heavy atom. The van der Waals surface area contributed by atoms with E-state index in [9.17, 15) is 9.59 Å². The third kappa shape index (κ3) is 15.6. The Labute approximate surface area is 188 Å². The fourth-order valence-electron chi connectivity index (χ4n) is 3.58. The van der Waals surface area contributed by atoms with Crippen LogP contribution >= 0.6 is 0 Å². The summed E-state index contributed by atoms with van der Waals surface area (Å²) < 4.78 is 0. The average molecular weight is 437 g/mol. The van der Waals surface area contributed by atoms with E-state index in [-0.39, 0.29) is 16.7 Å². The normalized spacial score (nSPS) is 10.4. The van der Waals surface area contributed by atoms with E-state index in [0.717, 1.165) is 6.42 Å². The van der Waals surface area contributed by atoms with Gasteiger partial charge in [0.15, 0.2) is 0 Å². The van der Waals surface area contributed by atoms with Crippen LogP contribution < -0.4 is 0 Å². The molecule has 178 valence electrons. The monoisotopic (exact) mass is 436 g/mol. The summed E-state index contributed by atoms with van der Waals surface area (Å²) in [7, 11) is 0. The molecule has 0 saturated heterocycles. The molecule has 0 saturated carbocycles. The molecule has 0 bridgehead atoms. The van der Waals surface area contributed by atoms with Crippen LogP contribution in [0.5, 0.6) is 0 Å². The number of aromatic carboxylic acids is 2. The summed E-state index contributed by atoms with van der Waals surface area (Å²) in [5.74, 6) is -2.22. The molecule has 0 unspecified atom stereocenters. The molecule has 0 amide bonds. The van der Waals surface area contributed by atoms with Gasteiger partial charge in [-0.1, -0.05) is 103 Å². The molecule has 0 aromatic heterocycles. The van der Waals surface area contributed by atoms with E-state index in [1.54, 1.807) is 0 Å². The second-order valence-electron chi connectivity index (χ2n) is 8.26. The third-order valence-electron chi connectivity index (χ3n) is 5.56. The molecule has 5 nitrogen and oxygen atoms in total. The van der Waals surface area contributed by atoms with Crippen LogP contribution in [0.2, 0.25) is 0 Å². The van der Waals surface area contributed by atoms with Crippen molar-refractivity contribution in [2.24, 2.45) is 0 Å². The lowest BCUT2D eigenvalue weighted by molar-refractivity contribution is 0.0696. The Morgan fingerprint density at radius 3 is 1.26 bits per heavy atom. The smallest absolute Gasteiger partial charge is 0.335 e. The van der Waals surface area contributed by atoms with Gasteiger partial charge in [-0.25, -0.2) is 9.59 Å². The van der Waals surface area contributed by atoms with Gasteiger partial charge in [-0.3, -0.25) is 0 Å². The van der Waals surface area contributed by atoms with Crippen molar-refractivity contribution < 1.29 is 24.9 Å². The zero-order chi connectivity index (χ0) is 23.3. The zero-order valence-corrected chi connectivity index (χ0v) is 19.7. The van der Waals surface area contributed by atoms with Crippen LogP contribution in [0.1, 0.15) is 130 Å². The summed E-state index contributed by atoms with van der Waals surface area (Å²) in [6.45, 7) is 4.13. The van der Waals surface area contributed by atoms with Gasteiger partial charge in [0.05, 0.1) is 11.1 Å². The maximum Gasteiger partial charge on any atom is 0.335 e. The Balaban J connectivity index is 0.000000609. The van der Waals surface area contributed by atoms with E-state index >= 15 is 0 Å². The highest BCUT2D eigenvalue weighted by Crippen LogP contribution is 2.14. The molecule has 0 fully saturated rings. The molecule has 3 N–H and O–H groups in total. The molecule has 0 heterocycles. The number of rotatable bonds is 17. The van der Waals surface area contributed by atoms with E-state index in [1.165, 1.54) is 115 Å². The Morgan fingerprint density at radius 2 is 0.968 bits per heavy atom. The van der Waals surface area contributed by atoms with Gasteiger partial charge in [0.2, 0.25) is 0 Å². The third-order valence-corrected chi connectivity index (χ3v) is 5.56. The molecule has 1 aromatic carbocycles. The SMILES string of the molecule is CCCCCCCCCCCCCCCCCO.Cc1c(C(=O)O)cccc1C(=O)O. The zero-order valence-electron chi connectivity index (χ0n) is 19.7. The lowest BCUT2D eigenvalue weighted by Gasteiger charge is -2.03. The Hall–Kier alpha value is -1.88. The highest BCUT2D eigenvalue weighted by atomic mass is 16.4. The topological polar surface area (TPSA) is 94.8 Å². The summed E-state index contributed by atoms with van der Waals surface area (Å²) >= 11 is 0. The highest BCUT2D eigenvalue weighted by molar-refractivity contribution is 5.96. The number of hydrogen-bond acceptors (Lipinski definition) is 3. The van der Waals surface area contributed by atoms with Gasteiger partial charge in [0.1, 0.15) is 0 Å². The van der Waals surface area contributed by atoms with Gasteiger partial charge in [-0.05, 0) is 31.0 Å². The van der Waals surface area contributed by atoms with Crippen molar-refractivity contribution in [1.29, 1.82) is 0 Å². The van der Waals surface area contributed by atoms with Crippen LogP contribution in [0.15, 0.2) is 18.2 Å². The minimum atomic E-state index is -1.11. The van der Waals surface area contributed by atoms with Crippen LogP contribution in [0, 0.1) is 6.92 Å². The van der Waals surface area contributed by atoms with Crippen molar-refractivity contribution in [2.45, 2.75) is 110 Å². The van der Waals surface area contributed by atoms with Gasteiger partial charge < -0.3 is 15.3 Å². The summed E-state index contributed by atoms with van der Waals surface area (Å²) in [6, 6.07) is 4.17. The maximum absolute atomic E-state index is 10.6. The predicted octanol–water partition coefficient (Wildman–Crippen LogP) is 7.24. The quantitative estimate of drug-likeness (QED) is 0.224. The molecule has 0 aliphatic heterocycles. The number of aliphatic hydroxyl groups excluding tert-OH is 1. The molecular weight excluding hydrogens is 392 g/mol. The van der Waals surface area contributed by atoms with Crippen LogP contribution in [0.25, 0.3) is 0 Å². The Bertz CT molecular complexity index is 549. The number of carboxylic acids is 2. The van der Waals surface area contributed by atoms with Gasteiger partial charge in [-0.15, -0.1) is 0 Å². The number of unbranched alkanes of at least 4 members (excludes halogenated alkanes) is 14. The molecule has 0 atom stereocenters. The first-order chi connectivity index (χ1) is 15.0.